The Morgan fingerprint density at radius 1 is 1.18 bits per heavy atom. The number of aromatic nitrogens is 3. The van der Waals surface area contributed by atoms with E-state index in [0.29, 0.717) is 23.3 Å². The summed E-state index contributed by atoms with van der Waals surface area (Å²) in [7, 11) is 3.27. The van der Waals surface area contributed by atoms with Crippen LogP contribution >= 0.6 is 0 Å². The van der Waals surface area contributed by atoms with Gasteiger partial charge in [-0.05, 0) is 55.3 Å². The molecule has 0 aliphatic carbocycles. The molecule has 2 amide bonds. The molecule has 0 saturated carbocycles. The van der Waals surface area contributed by atoms with Crippen molar-refractivity contribution < 1.29 is 23.1 Å². The fourth-order valence-electron chi connectivity index (χ4n) is 3.77. The largest absolute Gasteiger partial charge is 0.452 e. The number of nitrogens with two attached hydrogens (primary N) is 1. The van der Waals surface area contributed by atoms with Crippen LogP contribution in [0, 0.1) is 11.6 Å². The SMILES string of the molecule is CN(C)C(=O)/C=C/CC[C@H](N)C(=O)Nc1cccn(Cc2nc3c(Oc4ccc(F)cc4F)cccc3[nH]2)c1=O. The van der Waals surface area contributed by atoms with Crippen LogP contribution in [0.4, 0.5) is 14.5 Å². The van der Waals surface area contributed by atoms with Crippen LogP contribution in [0.1, 0.15) is 18.7 Å². The number of anilines is 1. The van der Waals surface area contributed by atoms with Gasteiger partial charge in [0.2, 0.25) is 11.8 Å². The first-order valence-corrected chi connectivity index (χ1v) is 12.4. The summed E-state index contributed by atoms with van der Waals surface area (Å²) in [5.41, 5.74) is 6.52. The van der Waals surface area contributed by atoms with Gasteiger partial charge in [0.05, 0.1) is 18.1 Å². The van der Waals surface area contributed by atoms with Crippen molar-refractivity contribution in [2.24, 2.45) is 5.73 Å². The Labute approximate surface area is 228 Å². The van der Waals surface area contributed by atoms with Gasteiger partial charge in [-0.15, -0.1) is 0 Å². The van der Waals surface area contributed by atoms with Crippen molar-refractivity contribution in [3.05, 3.63) is 94.7 Å². The molecule has 2 aromatic heterocycles. The smallest absolute Gasteiger partial charge is 0.274 e. The van der Waals surface area contributed by atoms with Crippen LogP contribution < -0.4 is 21.3 Å². The number of para-hydroxylation sites is 1. The van der Waals surface area contributed by atoms with Gasteiger partial charge >= 0.3 is 0 Å². The zero-order valence-corrected chi connectivity index (χ0v) is 21.9. The molecule has 4 aromatic rings. The van der Waals surface area contributed by atoms with Gasteiger partial charge in [0, 0.05) is 26.4 Å². The first-order chi connectivity index (χ1) is 19.1. The number of pyridine rings is 1. The van der Waals surface area contributed by atoms with Crippen LogP contribution in [0.5, 0.6) is 11.5 Å². The van der Waals surface area contributed by atoms with Crippen molar-refractivity contribution in [2.75, 3.05) is 19.4 Å². The quantitative estimate of drug-likeness (QED) is 0.259. The van der Waals surface area contributed by atoms with Crippen molar-refractivity contribution in [3.8, 4) is 11.5 Å². The number of hydrogen-bond acceptors (Lipinski definition) is 6. The van der Waals surface area contributed by atoms with Crippen molar-refractivity contribution in [1.82, 2.24) is 19.4 Å². The topological polar surface area (TPSA) is 135 Å². The normalized spacial score (nSPS) is 12.0. The van der Waals surface area contributed by atoms with E-state index >= 15 is 0 Å². The summed E-state index contributed by atoms with van der Waals surface area (Å²) in [5.74, 6) is -1.77. The van der Waals surface area contributed by atoms with Gasteiger partial charge in [-0.3, -0.25) is 14.4 Å². The third-order valence-corrected chi connectivity index (χ3v) is 5.92. The fourth-order valence-corrected chi connectivity index (χ4v) is 3.77. The number of nitrogens with one attached hydrogen (secondary N) is 2. The summed E-state index contributed by atoms with van der Waals surface area (Å²) in [4.78, 5) is 46.2. The van der Waals surface area contributed by atoms with Gasteiger partial charge in [-0.1, -0.05) is 12.1 Å². The second-order valence-corrected chi connectivity index (χ2v) is 9.18. The minimum absolute atomic E-state index is 0.0400. The molecule has 0 saturated heterocycles. The molecule has 40 heavy (non-hydrogen) atoms. The minimum Gasteiger partial charge on any atom is -0.452 e. The number of allylic oxidation sites excluding steroid dienone is 1. The van der Waals surface area contributed by atoms with Crippen molar-refractivity contribution >= 4 is 28.5 Å². The number of H-pyrrole nitrogens is 1. The summed E-state index contributed by atoms with van der Waals surface area (Å²) >= 11 is 0. The number of halogens is 2. The molecule has 208 valence electrons. The van der Waals surface area contributed by atoms with Crippen molar-refractivity contribution in [2.45, 2.75) is 25.4 Å². The lowest BCUT2D eigenvalue weighted by Gasteiger charge is -2.12. The van der Waals surface area contributed by atoms with Crippen LogP contribution in [0.15, 0.2) is 71.7 Å². The van der Waals surface area contributed by atoms with Crippen LogP contribution in [0.3, 0.4) is 0 Å². The highest BCUT2D eigenvalue weighted by Gasteiger charge is 2.16. The standard InChI is InChI=1S/C28H28F2N6O4/c1-35(2)25(37)11-4-3-7-19(31)27(38)33-21-9-6-14-36(28(21)39)16-24-32-20-8-5-10-23(26(20)34-24)40-22-13-12-17(29)15-18(22)30/h4-6,8-15,19H,3,7,16,31H2,1-2H3,(H,32,34)(H,33,38)/b11-4+/t19-/m0/s1. The van der Waals surface area contributed by atoms with Crippen molar-refractivity contribution in [3.63, 3.8) is 0 Å². The molecule has 0 radical (unpaired) electrons. The van der Waals surface area contributed by atoms with E-state index in [2.05, 4.69) is 15.3 Å². The molecule has 2 aromatic carbocycles. The van der Waals surface area contributed by atoms with Gasteiger partial charge in [0.15, 0.2) is 17.3 Å². The second kappa shape index (κ2) is 12.3. The molecule has 1 atom stereocenters. The van der Waals surface area contributed by atoms with E-state index in [1.807, 2.05) is 0 Å². The van der Waals surface area contributed by atoms with Gasteiger partial charge < -0.3 is 30.2 Å². The van der Waals surface area contributed by atoms with E-state index in [4.69, 9.17) is 10.5 Å². The number of rotatable bonds is 10. The number of amides is 2. The first-order valence-electron chi connectivity index (χ1n) is 12.4. The van der Waals surface area contributed by atoms with E-state index in [9.17, 15) is 23.2 Å². The van der Waals surface area contributed by atoms with Gasteiger partial charge in [0.25, 0.3) is 5.56 Å². The number of ether oxygens (including phenoxy) is 1. The minimum atomic E-state index is -0.882. The average Bonchev–Trinajstić information content (AvgIpc) is 3.33. The number of carbonyl (C=O) groups is 2. The lowest BCUT2D eigenvalue weighted by atomic mass is 10.1. The van der Waals surface area contributed by atoms with Crippen LogP contribution in [0.25, 0.3) is 11.0 Å². The molecule has 0 aliphatic heterocycles. The van der Waals surface area contributed by atoms with E-state index in [0.717, 1.165) is 12.1 Å². The number of benzene rings is 2. The van der Waals surface area contributed by atoms with Crippen LogP contribution in [-0.4, -0.2) is 51.4 Å². The van der Waals surface area contributed by atoms with E-state index in [-0.39, 0.29) is 36.1 Å². The Hall–Kier alpha value is -4.84. The number of likely N-dealkylation sites (N-methyl/N-ethyl adjacent to an activating group) is 1. The van der Waals surface area contributed by atoms with Gasteiger partial charge in [-0.2, -0.15) is 0 Å². The first kappa shape index (κ1) is 28.2. The molecule has 2 heterocycles. The fraction of sp³-hybridized carbons (Fsp3) is 0.214. The Morgan fingerprint density at radius 3 is 2.73 bits per heavy atom. The number of carbonyl (C=O) groups excluding carboxylic acids is 2. The lowest BCUT2D eigenvalue weighted by Crippen LogP contribution is -2.37. The summed E-state index contributed by atoms with van der Waals surface area (Å²) in [6, 6.07) is 10.2. The summed E-state index contributed by atoms with van der Waals surface area (Å²) in [6.07, 6.45) is 5.30. The Morgan fingerprint density at radius 2 is 1.98 bits per heavy atom. The Bertz CT molecular complexity index is 1630. The molecule has 4 N–H and O–H groups in total. The van der Waals surface area contributed by atoms with Gasteiger partial charge in [-0.25, -0.2) is 13.8 Å². The second-order valence-electron chi connectivity index (χ2n) is 9.18. The van der Waals surface area contributed by atoms with E-state index in [1.165, 1.54) is 27.7 Å². The molecule has 4 rings (SSSR count). The molecule has 0 fully saturated rings. The number of hydrogen-bond donors (Lipinski definition) is 3. The third-order valence-electron chi connectivity index (χ3n) is 5.92. The lowest BCUT2D eigenvalue weighted by molar-refractivity contribution is -0.123. The Kier molecular flexibility index (Phi) is 8.70. The van der Waals surface area contributed by atoms with Gasteiger partial charge in [0.1, 0.15) is 22.8 Å². The zero-order chi connectivity index (χ0) is 28.8. The molecule has 0 unspecified atom stereocenters. The summed E-state index contributed by atoms with van der Waals surface area (Å²) < 4.78 is 34.3. The highest BCUT2D eigenvalue weighted by molar-refractivity contribution is 5.94. The zero-order valence-electron chi connectivity index (χ0n) is 21.9. The average molecular weight is 551 g/mol. The molecule has 0 bridgehead atoms. The number of nitrogens with zero attached hydrogens (tertiary/aromatic N) is 3. The highest BCUT2D eigenvalue weighted by atomic mass is 19.1. The van der Waals surface area contributed by atoms with E-state index in [1.54, 1.807) is 50.6 Å². The Balaban J connectivity index is 1.45. The maximum atomic E-state index is 14.1. The maximum Gasteiger partial charge on any atom is 0.274 e. The molecular weight excluding hydrogens is 522 g/mol. The summed E-state index contributed by atoms with van der Waals surface area (Å²) in [5, 5.41) is 2.57. The molecule has 12 heteroatoms. The molecular formula is C28H28F2N6O4. The number of fused-ring (bicyclic) bond motifs is 1. The predicted octanol–water partition coefficient (Wildman–Crippen LogP) is 3.53. The molecule has 0 aliphatic rings. The van der Waals surface area contributed by atoms with Crippen LogP contribution in [0.2, 0.25) is 0 Å². The van der Waals surface area contributed by atoms with Crippen molar-refractivity contribution in [1.29, 1.82) is 0 Å². The number of imidazole rings is 1. The van der Waals surface area contributed by atoms with E-state index < -0.39 is 29.1 Å². The monoisotopic (exact) mass is 550 g/mol. The maximum absolute atomic E-state index is 14.1. The van der Waals surface area contributed by atoms with Crippen LogP contribution in [-0.2, 0) is 16.1 Å². The number of aromatic amines is 1. The molecule has 10 nitrogen and oxygen atoms in total. The highest BCUT2D eigenvalue weighted by Crippen LogP contribution is 2.30. The third kappa shape index (κ3) is 6.77. The summed E-state index contributed by atoms with van der Waals surface area (Å²) in [6.45, 7) is 0.0400. The molecule has 0 spiro atoms. The predicted molar refractivity (Wildman–Crippen MR) is 146 cm³/mol.